The highest BCUT2D eigenvalue weighted by molar-refractivity contribution is 6.27. The first kappa shape index (κ1) is 27.0. The maximum Gasteiger partial charge on any atom is 0.259 e. The summed E-state index contributed by atoms with van der Waals surface area (Å²) in [5.74, 6) is -0.940. The first-order chi connectivity index (χ1) is 18.7. The van der Waals surface area contributed by atoms with E-state index in [-0.39, 0.29) is 29.9 Å². The second-order valence-electron chi connectivity index (χ2n) is 11.3. The van der Waals surface area contributed by atoms with Gasteiger partial charge in [-0.05, 0) is 68.0 Å². The number of rotatable bonds is 8. The summed E-state index contributed by atoms with van der Waals surface area (Å²) in [5.41, 5.74) is 9.08. The van der Waals surface area contributed by atoms with Crippen LogP contribution < -0.4 is 16.0 Å². The standard InChI is InChI=1S/C30H37N5O4/c1-30(2,39-3)18-34-13-11-21(12-14-34)32-17-19(16-31)15-20-7-8-24-27-22(20)5-4-6-23(27)29(38)35(24)25-9-10-26(36)33-28(25)37/h4-8,16-17,21,25H,9-15,18,31H2,1-3H3,(H,33,36,37)/b19-16-,32-17?. The molecule has 3 aliphatic rings. The smallest absolute Gasteiger partial charge is 0.259 e. The summed E-state index contributed by atoms with van der Waals surface area (Å²) in [5, 5.41) is 4.16. The van der Waals surface area contributed by atoms with Gasteiger partial charge in [0.1, 0.15) is 6.04 Å². The second kappa shape index (κ2) is 10.9. The molecule has 3 aliphatic heterocycles. The van der Waals surface area contributed by atoms with Gasteiger partial charge in [-0.25, -0.2) is 0 Å². The van der Waals surface area contributed by atoms with Crippen molar-refractivity contribution in [1.29, 1.82) is 0 Å². The lowest BCUT2D eigenvalue weighted by Gasteiger charge is -2.35. The van der Waals surface area contributed by atoms with Crippen molar-refractivity contribution in [2.45, 2.75) is 63.6 Å². The average molecular weight is 532 g/mol. The largest absolute Gasteiger partial charge is 0.404 e. The molecule has 39 heavy (non-hydrogen) atoms. The molecular weight excluding hydrogens is 494 g/mol. The summed E-state index contributed by atoms with van der Waals surface area (Å²) in [7, 11) is 1.76. The van der Waals surface area contributed by atoms with Gasteiger partial charge >= 0.3 is 0 Å². The summed E-state index contributed by atoms with van der Waals surface area (Å²) >= 11 is 0. The van der Waals surface area contributed by atoms with Gasteiger partial charge in [-0.2, -0.15) is 0 Å². The number of nitrogens with two attached hydrogens (primary N) is 1. The number of nitrogens with zero attached hydrogens (tertiary/aromatic N) is 3. The van der Waals surface area contributed by atoms with Crippen molar-refractivity contribution in [1.82, 2.24) is 10.2 Å². The van der Waals surface area contributed by atoms with Crippen LogP contribution in [0.15, 0.2) is 47.1 Å². The topological polar surface area (TPSA) is 117 Å². The van der Waals surface area contributed by atoms with E-state index in [0.29, 0.717) is 24.1 Å². The fraction of sp³-hybridized carbons (Fsp3) is 0.467. The summed E-state index contributed by atoms with van der Waals surface area (Å²) in [4.78, 5) is 46.5. The molecule has 0 spiro atoms. The fourth-order valence-corrected chi connectivity index (χ4v) is 5.86. The zero-order valence-corrected chi connectivity index (χ0v) is 22.9. The number of nitrogens with one attached hydrogen (secondary N) is 1. The van der Waals surface area contributed by atoms with E-state index in [1.54, 1.807) is 24.3 Å². The molecule has 0 aliphatic carbocycles. The fourth-order valence-electron chi connectivity index (χ4n) is 5.86. The molecule has 2 fully saturated rings. The number of likely N-dealkylation sites (tertiary alicyclic amines) is 1. The number of hydrogen-bond acceptors (Lipinski definition) is 7. The SMILES string of the molecule is COC(C)(C)CN1CCC(N=C/C(=C\N)Cc2ccc3c4c(cccc24)C(=O)N3C2CCC(=O)NC2=O)CC1. The lowest BCUT2D eigenvalue weighted by molar-refractivity contribution is -0.134. The van der Waals surface area contributed by atoms with E-state index < -0.39 is 11.9 Å². The summed E-state index contributed by atoms with van der Waals surface area (Å²) in [6.45, 7) is 7.10. The van der Waals surface area contributed by atoms with E-state index in [9.17, 15) is 14.4 Å². The van der Waals surface area contributed by atoms with Gasteiger partial charge < -0.3 is 15.4 Å². The Morgan fingerprint density at radius 3 is 2.62 bits per heavy atom. The van der Waals surface area contributed by atoms with Crippen LogP contribution in [0.25, 0.3) is 10.8 Å². The molecule has 206 valence electrons. The number of amides is 3. The Morgan fingerprint density at radius 2 is 1.92 bits per heavy atom. The molecule has 0 radical (unpaired) electrons. The van der Waals surface area contributed by atoms with E-state index in [1.165, 1.54) is 0 Å². The molecule has 1 unspecified atom stereocenters. The minimum Gasteiger partial charge on any atom is -0.404 e. The third kappa shape index (κ3) is 5.46. The van der Waals surface area contributed by atoms with Crippen LogP contribution in [0.4, 0.5) is 5.69 Å². The van der Waals surface area contributed by atoms with Crippen LogP contribution in [-0.2, 0) is 20.7 Å². The van der Waals surface area contributed by atoms with Crippen LogP contribution in [0, 0.1) is 0 Å². The zero-order chi connectivity index (χ0) is 27.7. The summed E-state index contributed by atoms with van der Waals surface area (Å²) in [6, 6.07) is 9.12. The maximum atomic E-state index is 13.4. The van der Waals surface area contributed by atoms with Crippen molar-refractivity contribution >= 4 is 40.4 Å². The van der Waals surface area contributed by atoms with Crippen molar-refractivity contribution in [3.63, 3.8) is 0 Å². The number of ether oxygens (including phenoxy) is 1. The molecule has 3 heterocycles. The first-order valence-corrected chi connectivity index (χ1v) is 13.6. The van der Waals surface area contributed by atoms with Crippen LogP contribution in [0.2, 0.25) is 0 Å². The Labute approximate surface area is 229 Å². The number of aliphatic imine (C=N–C) groups is 1. The molecule has 0 saturated carbocycles. The number of carbonyl (C=O) groups is 3. The number of imide groups is 1. The molecule has 0 bridgehead atoms. The van der Waals surface area contributed by atoms with Gasteiger partial charge in [0.2, 0.25) is 11.8 Å². The predicted octanol–water partition coefficient (Wildman–Crippen LogP) is 2.95. The lowest BCUT2D eigenvalue weighted by Crippen LogP contribution is -2.53. The molecule has 0 aromatic heterocycles. The molecule has 1 atom stereocenters. The van der Waals surface area contributed by atoms with Crippen LogP contribution in [-0.4, -0.2) is 73.3 Å². The number of hydrogen-bond donors (Lipinski definition) is 2. The lowest BCUT2D eigenvalue weighted by atomic mass is 9.96. The minimum atomic E-state index is -0.699. The van der Waals surface area contributed by atoms with E-state index in [2.05, 4.69) is 24.1 Å². The van der Waals surface area contributed by atoms with E-state index in [0.717, 1.165) is 54.4 Å². The minimum absolute atomic E-state index is 0.158. The normalized spacial score (nSPS) is 21.4. The average Bonchev–Trinajstić information content (AvgIpc) is 3.21. The van der Waals surface area contributed by atoms with Gasteiger partial charge in [-0.1, -0.05) is 18.2 Å². The van der Waals surface area contributed by atoms with Crippen molar-refractivity contribution in [2.75, 3.05) is 31.6 Å². The van der Waals surface area contributed by atoms with E-state index in [1.807, 2.05) is 30.5 Å². The van der Waals surface area contributed by atoms with Crippen LogP contribution in [0.1, 0.15) is 55.5 Å². The molecule has 2 aromatic rings. The van der Waals surface area contributed by atoms with Crippen molar-refractivity contribution in [2.24, 2.45) is 10.7 Å². The molecule has 9 nitrogen and oxygen atoms in total. The number of methoxy groups -OCH3 is 1. The highest BCUT2D eigenvalue weighted by atomic mass is 16.5. The molecule has 9 heteroatoms. The second-order valence-corrected chi connectivity index (χ2v) is 11.3. The maximum absolute atomic E-state index is 13.4. The van der Waals surface area contributed by atoms with Gasteiger partial charge in [0.15, 0.2) is 0 Å². The Hall–Kier alpha value is -3.56. The number of piperidine rings is 2. The van der Waals surface area contributed by atoms with Gasteiger partial charge in [0.25, 0.3) is 5.91 Å². The predicted molar refractivity (Wildman–Crippen MR) is 152 cm³/mol. The number of carbonyl (C=O) groups excluding carboxylic acids is 3. The van der Waals surface area contributed by atoms with E-state index in [4.69, 9.17) is 15.5 Å². The molecule has 5 rings (SSSR count). The Balaban J connectivity index is 1.31. The zero-order valence-electron chi connectivity index (χ0n) is 22.9. The van der Waals surface area contributed by atoms with Gasteiger partial charge in [0.05, 0.1) is 17.3 Å². The van der Waals surface area contributed by atoms with Crippen molar-refractivity contribution < 1.29 is 19.1 Å². The van der Waals surface area contributed by atoms with Crippen molar-refractivity contribution in [3.8, 4) is 0 Å². The molecular formula is C30H37N5O4. The Morgan fingerprint density at radius 1 is 1.15 bits per heavy atom. The Bertz CT molecular complexity index is 1360. The van der Waals surface area contributed by atoms with Crippen LogP contribution in [0.5, 0.6) is 0 Å². The van der Waals surface area contributed by atoms with Crippen LogP contribution >= 0.6 is 0 Å². The molecule has 3 N–H and O–H groups in total. The quantitative estimate of drug-likeness (QED) is 0.400. The monoisotopic (exact) mass is 531 g/mol. The van der Waals surface area contributed by atoms with Crippen molar-refractivity contribution in [3.05, 3.63) is 53.2 Å². The Kier molecular flexibility index (Phi) is 7.55. The molecule has 3 amide bonds. The summed E-state index contributed by atoms with van der Waals surface area (Å²) in [6.07, 6.45) is 6.58. The highest BCUT2D eigenvalue weighted by Crippen LogP contribution is 2.41. The number of benzene rings is 2. The molecule has 2 aromatic carbocycles. The first-order valence-electron chi connectivity index (χ1n) is 13.6. The number of anilines is 1. The van der Waals surface area contributed by atoms with Gasteiger partial charge in [-0.15, -0.1) is 0 Å². The number of allylic oxidation sites excluding steroid dienone is 1. The highest BCUT2D eigenvalue weighted by Gasteiger charge is 2.40. The van der Waals surface area contributed by atoms with E-state index >= 15 is 0 Å². The summed E-state index contributed by atoms with van der Waals surface area (Å²) < 4.78 is 5.57. The van der Waals surface area contributed by atoms with Gasteiger partial charge in [-0.3, -0.25) is 29.6 Å². The van der Waals surface area contributed by atoms with Crippen LogP contribution in [0.3, 0.4) is 0 Å². The third-order valence-corrected chi connectivity index (χ3v) is 8.11. The third-order valence-electron chi connectivity index (χ3n) is 8.11. The van der Waals surface area contributed by atoms with Gasteiger partial charge in [0, 0.05) is 56.7 Å². The molecule has 2 saturated heterocycles.